The Labute approximate surface area is 179 Å². The van der Waals surface area contributed by atoms with Crippen LogP contribution in [-0.4, -0.2) is 51.8 Å². The summed E-state index contributed by atoms with van der Waals surface area (Å²) in [6, 6.07) is 4.68. The molecule has 0 saturated carbocycles. The van der Waals surface area contributed by atoms with Gasteiger partial charge in [0.05, 0.1) is 16.6 Å². The molecule has 0 bridgehead atoms. The Morgan fingerprint density at radius 3 is 2.25 bits per heavy atom. The van der Waals surface area contributed by atoms with Crippen molar-refractivity contribution >= 4 is 28.2 Å². The van der Waals surface area contributed by atoms with Crippen molar-refractivity contribution in [3.63, 3.8) is 0 Å². The number of hydrogen-bond acceptors (Lipinski definition) is 7. The fraction of sp³-hybridized carbons (Fsp3) is 0.200. The van der Waals surface area contributed by atoms with Gasteiger partial charge in [-0.1, -0.05) is 0 Å². The van der Waals surface area contributed by atoms with Gasteiger partial charge in [-0.15, -0.1) is 0 Å². The minimum atomic E-state index is -1.60. The molecule has 2 heterocycles. The van der Waals surface area contributed by atoms with E-state index in [1.54, 1.807) is 10.0 Å². The minimum absolute atomic E-state index is 0.145. The molecule has 3 aromatic rings. The van der Waals surface area contributed by atoms with Gasteiger partial charge < -0.3 is 20.8 Å². The number of nitrogens with zero attached hydrogens (tertiary/aromatic N) is 3. The van der Waals surface area contributed by atoms with E-state index < -0.39 is 56.7 Å². The summed E-state index contributed by atoms with van der Waals surface area (Å²) in [4.78, 5) is 24.4. The van der Waals surface area contributed by atoms with E-state index in [9.17, 15) is 19.1 Å². The lowest BCUT2D eigenvalue weighted by Gasteiger charge is -2.33. The summed E-state index contributed by atoms with van der Waals surface area (Å²) in [6.45, 7) is 1.61. The average Bonchev–Trinajstić information content (AvgIpc) is 2.76. The van der Waals surface area contributed by atoms with E-state index in [4.69, 9.17) is 11.6 Å². The van der Waals surface area contributed by atoms with Gasteiger partial charge in [-0.2, -0.15) is 0 Å². The number of hydrogen-bond donors (Lipinski definition) is 4. The number of pyridine rings is 1. The van der Waals surface area contributed by atoms with Gasteiger partial charge in [-0.25, -0.2) is 28.0 Å². The molecule has 9 nitrogen and oxygen atoms in total. The number of hydrazine groups is 2. The normalized spacial score (nSPS) is 15.2. The van der Waals surface area contributed by atoms with Crippen molar-refractivity contribution in [2.75, 3.05) is 37.3 Å². The number of carbonyl (C=O) groups is 1. The molecule has 0 atom stereocenters. The Kier molecular flexibility index (Phi) is 5.50. The van der Waals surface area contributed by atoms with E-state index in [2.05, 4.69) is 5.43 Å². The van der Waals surface area contributed by atoms with E-state index in [-0.39, 0.29) is 5.69 Å². The summed E-state index contributed by atoms with van der Waals surface area (Å²) in [7, 11) is 0. The van der Waals surface area contributed by atoms with Crippen LogP contribution < -0.4 is 22.4 Å². The maximum absolute atomic E-state index is 15.7. The van der Waals surface area contributed by atoms with Crippen LogP contribution in [0.15, 0.2) is 35.3 Å². The highest BCUT2D eigenvalue weighted by Gasteiger charge is 2.27. The van der Waals surface area contributed by atoms with Crippen molar-refractivity contribution in [2.45, 2.75) is 0 Å². The van der Waals surface area contributed by atoms with Crippen molar-refractivity contribution < 1.29 is 23.1 Å². The number of piperazine rings is 1. The predicted octanol–water partition coefficient (Wildman–Crippen LogP) is 1.51. The summed E-state index contributed by atoms with van der Waals surface area (Å²) in [5.74, 6) is 1.14. The second-order valence-corrected chi connectivity index (χ2v) is 7.30. The van der Waals surface area contributed by atoms with Crippen LogP contribution in [0.5, 0.6) is 0 Å². The highest BCUT2D eigenvalue weighted by Crippen LogP contribution is 2.34. The lowest BCUT2D eigenvalue weighted by molar-refractivity contribution is 0.0695. The number of rotatable bonds is 4. The molecule has 0 aliphatic carbocycles. The number of nitrogens with one attached hydrogen (secondary N) is 1. The van der Waals surface area contributed by atoms with Crippen LogP contribution >= 0.6 is 0 Å². The summed E-state index contributed by atoms with van der Waals surface area (Å²) < 4.78 is 45.2. The molecule has 0 unspecified atom stereocenters. The summed E-state index contributed by atoms with van der Waals surface area (Å²) in [6.07, 6.45) is 0.900. The molecule has 168 valence electrons. The fourth-order valence-corrected chi connectivity index (χ4v) is 3.59. The molecule has 1 fully saturated rings. The third-order valence-electron chi connectivity index (χ3n) is 5.28. The van der Waals surface area contributed by atoms with Gasteiger partial charge in [-0.3, -0.25) is 10.6 Å². The van der Waals surface area contributed by atoms with Crippen LogP contribution in [0.1, 0.15) is 10.4 Å². The lowest BCUT2D eigenvalue weighted by Crippen LogP contribution is -2.51. The number of anilines is 2. The SMILES string of the molecule is Nc1c(F)c(NN2CCN(N)CC2)c(F)c2c1c(=O)c(C(=O)O)cn2-c1ccc(F)cc1. The summed E-state index contributed by atoms with van der Waals surface area (Å²) >= 11 is 0. The number of carboxylic acid groups (broad SMARTS) is 1. The molecule has 12 heteroatoms. The Bertz CT molecular complexity index is 1270. The number of carboxylic acids is 1. The predicted molar refractivity (Wildman–Crippen MR) is 112 cm³/mol. The van der Waals surface area contributed by atoms with Gasteiger partial charge in [0.1, 0.15) is 17.1 Å². The number of halogens is 3. The second-order valence-electron chi connectivity index (χ2n) is 7.30. The molecule has 0 radical (unpaired) electrons. The van der Waals surface area contributed by atoms with E-state index in [1.807, 2.05) is 0 Å². The number of fused-ring (bicyclic) bond motifs is 1. The smallest absolute Gasteiger partial charge is 0.341 e. The molecule has 6 N–H and O–H groups in total. The maximum atomic E-state index is 15.7. The highest BCUT2D eigenvalue weighted by molar-refractivity contribution is 6.00. The fourth-order valence-electron chi connectivity index (χ4n) is 3.59. The van der Waals surface area contributed by atoms with Gasteiger partial charge in [0.15, 0.2) is 11.6 Å². The standard InChI is InChI=1S/C20H19F3N6O3/c21-10-1-3-11(4-2-10)29-9-12(20(31)32)19(30)13-16(24)14(22)17(15(23)18(13)29)26-28-7-5-27(25)6-8-28/h1-4,9,26H,5-8,24-25H2,(H,31,32). The molecule has 0 amide bonds. The molecule has 1 saturated heterocycles. The van der Waals surface area contributed by atoms with Crippen molar-refractivity contribution in [3.8, 4) is 5.69 Å². The molecule has 2 aromatic carbocycles. The first-order valence-electron chi connectivity index (χ1n) is 9.55. The van der Waals surface area contributed by atoms with Crippen molar-refractivity contribution in [2.24, 2.45) is 5.84 Å². The number of nitrogen functional groups attached to an aromatic ring is 1. The van der Waals surface area contributed by atoms with Gasteiger partial charge in [0.2, 0.25) is 5.43 Å². The molecule has 1 aliphatic heterocycles. The lowest BCUT2D eigenvalue weighted by atomic mass is 10.1. The van der Waals surface area contributed by atoms with Gasteiger partial charge in [0, 0.05) is 38.1 Å². The van der Waals surface area contributed by atoms with E-state index in [0.717, 1.165) is 22.9 Å². The third-order valence-corrected chi connectivity index (χ3v) is 5.28. The van der Waals surface area contributed by atoms with Crippen LogP contribution in [0.3, 0.4) is 0 Å². The first kappa shape index (κ1) is 21.6. The zero-order valence-corrected chi connectivity index (χ0v) is 16.6. The summed E-state index contributed by atoms with van der Waals surface area (Å²) in [5.41, 5.74) is 5.03. The zero-order chi connectivity index (χ0) is 23.2. The molecule has 32 heavy (non-hydrogen) atoms. The zero-order valence-electron chi connectivity index (χ0n) is 16.6. The Morgan fingerprint density at radius 1 is 1.03 bits per heavy atom. The largest absolute Gasteiger partial charge is 0.477 e. The topological polar surface area (TPSA) is 130 Å². The third kappa shape index (κ3) is 3.64. The van der Waals surface area contributed by atoms with Gasteiger partial charge in [0.25, 0.3) is 0 Å². The molecular weight excluding hydrogens is 429 g/mol. The van der Waals surface area contributed by atoms with E-state index >= 15 is 8.78 Å². The van der Waals surface area contributed by atoms with Crippen LogP contribution in [0, 0.1) is 17.5 Å². The van der Waals surface area contributed by atoms with Gasteiger partial charge >= 0.3 is 5.97 Å². The molecule has 1 aromatic heterocycles. The Hall–Kier alpha value is -3.61. The van der Waals surface area contributed by atoms with Crippen LogP contribution in [0.2, 0.25) is 0 Å². The molecular formula is C20H19F3N6O3. The van der Waals surface area contributed by atoms with Crippen LogP contribution in [-0.2, 0) is 0 Å². The molecule has 4 rings (SSSR count). The summed E-state index contributed by atoms with van der Waals surface area (Å²) in [5, 5.41) is 11.9. The average molecular weight is 448 g/mol. The Morgan fingerprint density at radius 2 is 1.66 bits per heavy atom. The van der Waals surface area contributed by atoms with Crippen LogP contribution in [0.4, 0.5) is 24.5 Å². The van der Waals surface area contributed by atoms with Gasteiger partial charge in [-0.05, 0) is 24.3 Å². The monoisotopic (exact) mass is 448 g/mol. The van der Waals surface area contributed by atoms with Crippen molar-refractivity contribution in [3.05, 3.63) is 63.7 Å². The second kappa shape index (κ2) is 8.15. The quantitative estimate of drug-likeness (QED) is 0.349. The first-order chi connectivity index (χ1) is 15.2. The van der Waals surface area contributed by atoms with Crippen LogP contribution in [0.25, 0.3) is 16.6 Å². The first-order valence-corrected chi connectivity index (χ1v) is 9.55. The molecule has 0 spiro atoms. The number of aromatic carboxylic acids is 1. The Balaban J connectivity index is 2.00. The highest BCUT2D eigenvalue weighted by atomic mass is 19.1. The number of benzene rings is 2. The maximum Gasteiger partial charge on any atom is 0.341 e. The number of nitrogens with two attached hydrogens (primary N) is 2. The van der Waals surface area contributed by atoms with Crippen molar-refractivity contribution in [1.29, 1.82) is 0 Å². The van der Waals surface area contributed by atoms with E-state index in [0.29, 0.717) is 26.2 Å². The van der Waals surface area contributed by atoms with Crippen molar-refractivity contribution in [1.82, 2.24) is 14.6 Å². The minimum Gasteiger partial charge on any atom is -0.477 e. The van der Waals surface area contributed by atoms with E-state index in [1.165, 1.54) is 12.1 Å². The molecule has 1 aliphatic rings. The number of aromatic nitrogens is 1.